The third-order valence-electron chi connectivity index (χ3n) is 3.50. The number of nitrogens with zero attached hydrogens (tertiary/aromatic N) is 6. The van der Waals surface area contributed by atoms with Crippen LogP contribution in [0.5, 0.6) is 0 Å². The second-order valence-corrected chi connectivity index (χ2v) is 7.59. The van der Waals surface area contributed by atoms with Crippen LogP contribution in [0.15, 0.2) is 52.4 Å². The van der Waals surface area contributed by atoms with Crippen molar-refractivity contribution in [1.29, 1.82) is 0 Å². The number of aromatic nitrogens is 3. The lowest BCUT2D eigenvalue weighted by Crippen LogP contribution is -2.25. The molecule has 0 aliphatic carbocycles. The minimum atomic E-state index is -0.959. The molecule has 0 bridgehead atoms. The van der Waals surface area contributed by atoms with Crippen molar-refractivity contribution in [3.8, 4) is 22.0 Å². The first-order chi connectivity index (χ1) is 11.7. The molecule has 0 spiro atoms. The summed E-state index contributed by atoms with van der Waals surface area (Å²) < 4.78 is 13.2. The van der Waals surface area contributed by atoms with Crippen LogP contribution in [0.3, 0.4) is 0 Å². The van der Waals surface area contributed by atoms with Gasteiger partial charge in [-0.1, -0.05) is 35.6 Å². The van der Waals surface area contributed by atoms with E-state index in [4.69, 9.17) is 0 Å². The topological polar surface area (TPSA) is 75.7 Å². The zero-order valence-electron chi connectivity index (χ0n) is 12.9. The van der Waals surface area contributed by atoms with Gasteiger partial charge in [0.25, 0.3) is 0 Å². The van der Waals surface area contributed by atoms with E-state index in [1.165, 1.54) is 11.3 Å². The van der Waals surface area contributed by atoms with Gasteiger partial charge in [-0.2, -0.15) is 0 Å². The van der Waals surface area contributed by atoms with Gasteiger partial charge < -0.3 is 0 Å². The van der Waals surface area contributed by atoms with Gasteiger partial charge in [-0.05, 0) is 0 Å². The Balaban J connectivity index is 1.63. The molecule has 122 valence electrons. The van der Waals surface area contributed by atoms with Crippen molar-refractivity contribution in [3.05, 3.63) is 42.0 Å². The lowest BCUT2D eigenvalue weighted by molar-refractivity contribution is 0.235. The molecule has 9 heteroatoms. The molecule has 7 nitrogen and oxygen atoms in total. The second-order valence-electron chi connectivity index (χ2n) is 5.33. The van der Waals surface area contributed by atoms with Gasteiger partial charge in [0.2, 0.25) is 0 Å². The van der Waals surface area contributed by atoms with Gasteiger partial charge in [-0.15, -0.1) is 16.5 Å². The molecule has 1 aliphatic rings. The van der Waals surface area contributed by atoms with Gasteiger partial charge in [-0.25, -0.2) is 15.0 Å². The lowest BCUT2D eigenvalue weighted by atomic mass is 10.2. The minimum absolute atomic E-state index is 0.353. The minimum Gasteiger partial charge on any atom is -0.293 e. The normalized spacial score (nSPS) is 14.6. The van der Waals surface area contributed by atoms with Gasteiger partial charge in [0.05, 0.1) is 12.0 Å². The smallest absolute Gasteiger partial charge is 0.188 e. The molecule has 2 aromatic heterocycles. The Hall–Kier alpha value is -2.39. The lowest BCUT2D eigenvalue weighted by Gasteiger charge is -2.20. The summed E-state index contributed by atoms with van der Waals surface area (Å²) in [6.45, 7) is 0.488. The molecule has 0 radical (unpaired) electrons. The highest BCUT2D eigenvalue weighted by atomic mass is 32.2. The number of fused-ring (bicyclic) bond motifs is 1. The summed E-state index contributed by atoms with van der Waals surface area (Å²) in [5.74, 6) is 1.04. The van der Waals surface area contributed by atoms with Crippen LogP contribution in [-0.2, 0) is 17.5 Å². The van der Waals surface area contributed by atoms with Crippen LogP contribution in [0, 0.1) is 0 Å². The van der Waals surface area contributed by atoms with Crippen molar-refractivity contribution in [2.45, 2.75) is 6.67 Å². The highest BCUT2D eigenvalue weighted by molar-refractivity contribution is 7.84. The Morgan fingerprint density at radius 1 is 1.29 bits per heavy atom. The largest absolute Gasteiger partial charge is 0.293 e. The molecule has 0 saturated carbocycles. The standard InChI is InChI=1S/C15H14N6OS2/c1-24(22)10-21-9-20-8-16-13(14(20)18-19-21)15-17-12(7-23-15)11-5-3-2-4-6-11/h2-8H,9-10H2,1H3. The van der Waals surface area contributed by atoms with Crippen LogP contribution in [0.2, 0.25) is 0 Å². The molecule has 0 N–H and O–H groups in total. The predicted molar refractivity (Wildman–Crippen MR) is 94.1 cm³/mol. The van der Waals surface area contributed by atoms with Gasteiger partial charge in [-0.3, -0.25) is 8.78 Å². The predicted octanol–water partition coefficient (Wildman–Crippen LogP) is 3.28. The van der Waals surface area contributed by atoms with Crippen molar-refractivity contribution < 1.29 is 4.21 Å². The number of thiazole rings is 1. The summed E-state index contributed by atoms with van der Waals surface area (Å²) >= 11 is 1.54. The van der Waals surface area contributed by atoms with E-state index in [1.807, 2.05) is 40.3 Å². The summed E-state index contributed by atoms with van der Waals surface area (Å²) in [7, 11) is -0.959. The SMILES string of the molecule is CS(=O)CN1Cn2cnc(-c3nc(-c4ccccc4)cs3)c2N=N1. The second kappa shape index (κ2) is 6.25. The molecule has 3 heterocycles. The highest BCUT2D eigenvalue weighted by Crippen LogP contribution is 2.35. The van der Waals surface area contributed by atoms with Crippen molar-refractivity contribution >= 4 is 28.0 Å². The molecule has 3 aromatic rings. The summed E-state index contributed by atoms with van der Waals surface area (Å²) in [6, 6.07) is 10.0. The Kier molecular flexibility index (Phi) is 3.95. The maximum atomic E-state index is 11.3. The number of hydrogen-bond donors (Lipinski definition) is 0. The van der Waals surface area contributed by atoms with Gasteiger partial charge >= 0.3 is 0 Å². The number of benzene rings is 1. The number of hydrogen-bond acceptors (Lipinski definition) is 7. The maximum Gasteiger partial charge on any atom is 0.188 e. The molecule has 1 unspecified atom stereocenters. The van der Waals surface area contributed by atoms with Crippen molar-refractivity contribution in [1.82, 2.24) is 19.5 Å². The first-order valence-corrected chi connectivity index (χ1v) is 9.84. The van der Waals surface area contributed by atoms with Crippen molar-refractivity contribution in [2.24, 2.45) is 10.3 Å². The van der Waals surface area contributed by atoms with E-state index in [9.17, 15) is 4.21 Å². The average Bonchev–Trinajstić information content (AvgIpc) is 3.21. The summed E-state index contributed by atoms with van der Waals surface area (Å²) in [6.07, 6.45) is 3.36. The highest BCUT2D eigenvalue weighted by Gasteiger charge is 2.21. The third-order valence-corrected chi connectivity index (χ3v) is 5.01. The molecule has 1 atom stereocenters. The van der Waals surface area contributed by atoms with Crippen LogP contribution < -0.4 is 0 Å². The van der Waals surface area contributed by atoms with Crippen LogP contribution >= 0.6 is 11.3 Å². The van der Waals surface area contributed by atoms with E-state index >= 15 is 0 Å². The average molecular weight is 358 g/mol. The van der Waals surface area contributed by atoms with Gasteiger partial charge in [0.15, 0.2) is 5.82 Å². The summed E-state index contributed by atoms with van der Waals surface area (Å²) in [4.78, 5) is 9.12. The molecule has 1 aliphatic heterocycles. The van der Waals surface area contributed by atoms with Crippen LogP contribution in [0.25, 0.3) is 22.0 Å². The van der Waals surface area contributed by atoms with E-state index in [-0.39, 0.29) is 0 Å². The fourth-order valence-electron chi connectivity index (χ4n) is 2.45. The van der Waals surface area contributed by atoms with Gasteiger partial charge in [0, 0.05) is 28.0 Å². The zero-order chi connectivity index (χ0) is 16.5. The van der Waals surface area contributed by atoms with E-state index in [1.54, 1.807) is 17.6 Å². The Bertz CT molecular complexity index is 917. The maximum absolute atomic E-state index is 11.3. The molecular formula is C15H14N6OS2. The monoisotopic (exact) mass is 358 g/mol. The van der Waals surface area contributed by atoms with E-state index < -0.39 is 10.8 Å². The zero-order valence-corrected chi connectivity index (χ0v) is 14.5. The molecule has 1 aromatic carbocycles. The first-order valence-electron chi connectivity index (χ1n) is 7.24. The molecule has 0 saturated heterocycles. The molecular weight excluding hydrogens is 344 g/mol. The van der Waals surface area contributed by atoms with Gasteiger partial charge in [0.1, 0.15) is 23.2 Å². The van der Waals surface area contributed by atoms with Crippen LogP contribution in [0.4, 0.5) is 5.82 Å². The first kappa shape index (κ1) is 15.2. The van der Waals surface area contributed by atoms with E-state index in [0.29, 0.717) is 18.4 Å². The Morgan fingerprint density at radius 2 is 2.12 bits per heavy atom. The number of rotatable bonds is 4. The quantitative estimate of drug-likeness (QED) is 0.717. The molecule has 24 heavy (non-hydrogen) atoms. The Labute approximate surface area is 145 Å². The van der Waals surface area contributed by atoms with Crippen LogP contribution in [-0.4, -0.2) is 35.9 Å². The number of imidazole rings is 1. The summed E-state index contributed by atoms with van der Waals surface area (Å²) in [5.41, 5.74) is 2.72. The van der Waals surface area contributed by atoms with E-state index in [2.05, 4.69) is 20.3 Å². The van der Waals surface area contributed by atoms with Crippen molar-refractivity contribution in [3.63, 3.8) is 0 Å². The Morgan fingerprint density at radius 3 is 2.92 bits per heavy atom. The molecule has 0 fully saturated rings. The van der Waals surface area contributed by atoms with E-state index in [0.717, 1.165) is 22.0 Å². The third kappa shape index (κ3) is 2.87. The molecule has 0 amide bonds. The van der Waals surface area contributed by atoms with Crippen LogP contribution in [0.1, 0.15) is 0 Å². The summed E-state index contributed by atoms with van der Waals surface area (Å²) in [5, 5.41) is 12.8. The van der Waals surface area contributed by atoms with Crippen molar-refractivity contribution in [2.75, 3.05) is 12.1 Å². The fraction of sp³-hybridized carbons (Fsp3) is 0.200. The molecule has 4 rings (SSSR count). The fourth-order valence-corrected chi connectivity index (χ4v) is 3.82.